The third-order valence-corrected chi connectivity index (χ3v) is 3.95. The SMILES string of the molecule is CCCC[C@@H]1CN(Cc2ccccc2)C[C@H]1OC(C)=O. The lowest BCUT2D eigenvalue weighted by atomic mass is 9.99. The van der Waals surface area contributed by atoms with Crippen LogP contribution in [0.2, 0.25) is 0 Å². The van der Waals surface area contributed by atoms with E-state index >= 15 is 0 Å². The summed E-state index contributed by atoms with van der Waals surface area (Å²) in [5.74, 6) is 0.334. The molecule has 0 saturated carbocycles. The quantitative estimate of drug-likeness (QED) is 0.746. The molecular formula is C17H25NO2. The molecule has 0 aliphatic carbocycles. The third-order valence-electron chi connectivity index (χ3n) is 3.95. The first-order valence-corrected chi connectivity index (χ1v) is 7.62. The maximum Gasteiger partial charge on any atom is 0.302 e. The van der Waals surface area contributed by atoms with Crippen LogP contribution in [0.25, 0.3) is 0 Å². The van der Waals surface area contributed by atoms with Crippen LogP contribution in [0.4, 0.5) is 0 Å². The molecule has 20 heavy (non-hydrogen) atoms. The Morgan fingerprint density at radius 2 is 2.05 bits per heavy atom. The number of hydrogen-bond acceptors (Lipinski definition) is 3. The van der Waals surface area contributed by atoms with Crippen LogP contribution in [-0.2, 0) is 16.1 Å². The van der Waals surface area contributed by atoms with Crippen molar-refractivity contribution in [2.75, 3.05) is 13.1 Å². The highest BCUT2D eigenvalue weighted by atomic mass is 16.5. The summed E-state index contributed by atoms with van der Waals surface area (Å²) in [6.07, 6.45) is 3.63. The topological polar surface area (TPSA) is 29.5 Å². The van der Waals surface area contributed by atoms with Crippen molar-refractivity contribution in [2.45, 2.75) is 45.8 Å². The van der Waals surface area contributed by atoms with Crippen LogP contribution >= 0.6 is 0 Å². The van der Waals surface area contributed by atoms with E-state index in [1.807, 2.05) is 6.07 Å². The highest BCUT2D eigenvalue weighted by Gasteiger charge is 2.34. The summed E-state index contributed by atoms with van der Waals surface area (Å²) >= 11 is 0. The summed E-state index contributed by atoms with van der Waals surface area (Å²) < 4.78 is 5.51. The maximum absolute atomic E-state index is 11.2. The van der Waals surface area contributed by atoms with E-state index in [0.717, 1.165) is 26.1 Å². The largest absolute Gasteiger partial charge is 0.461 e. The molecule has 1 aromatic rings. The number of unbranched alkanes of at least 4 members (excludes halogenated alkanes) is 1. The number of hydrogen-bond donors (Lipinski definition) is 0. The van der Waals surface area contributed by atoms with Gasteiger partial charge in [-0.15, -0.1) is 0 Å². The number of carbonyl (C=O) groups excluding carboxylic acids is 1. The summed E-state index contributed by atoms with van der Waals surface area (Å²) in [5, 5.41) is 0. The molecule has 0 bridgehead atoms. The zero-order valence-corrected chi connectivity index (χ0v) is 12.5. The molecule has 1 fully saturated rings. The predicted molar refractivity (Wildman–Crippen MR) is 80.3 cm³/mol. The molecule has 0 amide bonds. The molecule has 1 aliphatic rings. The highest BCUT2D eigenvalue weighted by molar-refractivity contribution is 5.66. The second-order valence-electron chi connectivity index (χ2n) is 5.73. The monoisotopic (exact) mass is 275 g/mol. The molecule has 3 nitrogen and oxygen atoms in total. The normalized spacial score (nSPS) is 22.9. The Balaban J connectivity index is 1.93. The highest BCUT2D eigenvalue weighted by Crippen LogP contribution is 2.26. The first-order valence-electron chi connectivity index (χ1n) is 7.62. The van der Waals surface area contributed by atoms with Crippen molar-refractivity contribution in [1.29, 1.82) is 0 Å². The molecule has 0 N–H and O–H groups in total. The lowest BCUT2D eigenvalue weighted by Crippen LogP contribution is -2.25. The maximum atomic E-state index is 11.2. The summed E-state index contributed by atoms with van der Waals surface area (Å²) in [4.78, 5) is 13.6. The van der Waals surface area contributed by atoms with Gasteiger partial charge in [0.15, 0.2) is 0 Å². The average molecular weight is 275 g/mol. The first kappa shape index (κ1) is 15.0. The van der Waals surface area contributed by atoms with E-state index in [4.69, 9.17) is 4.74 Å². The number of ether oxygens (including phenoxy) is 1. The molecule has 0 spiro atoms. The third kappa shape index (κ3) is 4.34. The van der Waals surface area contributed by atoms with Crippen molar-refractivity contribution in [3.05, 3.63) is 35.9 Å². The summed E-state index contributed by atoms with van der Waals surface area (Å²) in [5.41, 5.74) is 1.32. The number of likely N-dealkylation sites (tertiary alicyclic amines) is 1. The number of rotatable bonds is 6. The molecule has 2 rings (SSSR count). The van der Waals surface area contributed by atoms with Crippen molar-refractivity contribution in [3.8, 4) is 0 Å². The second-order valence-corrected chi connectivity index (χ2v) is 5.73. The zero-order chi connectivity index (χ0) is 14.4. The summed E-state index contributed by atoms with van der Waals surface area (Å²) in [6, 6.07) is 10.5. The van der Waals surface area contributed by atoms with E-state index < -0.39 is 0 Å². The van der Waals surface area contributed by atoms with Crippen molar-refractivity contribution >= 4 is 5.97 Å². The van der Waals surface area contributed by atoms with Gasteiger partial charge in [0.2, 0.25) is 0 Å². The summed E-state index contributed by atoms with van der Waals surface area (Å²) in [6.45, 7) is 6.56. The molecule has 2 atom stereocenters. The molecule has 0 radical (unpaired) electrons. The molecule has 1 heterocycles. The van der Waals surface area contributed by atoms with E-state index in [2.05, 4.69) is 36.1 Å². The molecule has 1 saturated heterocycles. The Labute approximate surface area is 121 Å². The minimum Gasteiger partial charge on any atom is -0.461 e. The average Bonchev–Trinajstić information content (AvgIpc) is 2.78. The molecular weight excluding hydrogens is 250 g/mol. The van der Waals surface area contributed by atoms with Crippen LogP contribution in [0.5, 0.6) is 0 Å². The minimum atomic E-state index is -0.155. The van der Waals surface area contributed by atoms with Gasteiger partial charge in [0.05, 0.1) is 0 Å². The van der Waals surface area contributed by atoms with E-state index in [0.29, 0.717) is 5.92 Å². The van der Waals surface area contributed by atoms with Crippen molar-refractivity contribution in [2.24, 2.45) is 5.92 Å². The number of benzene rings is 1. The van der Waals surface area contributed by atoms with Crippen LogP contribution < -0.4 is 0 Å². The Kier molecular flexibility index (Phi) is 5.60. The first-order chi connectivity index (χ1) is 9.69. The van der Waals surface area contributed by atoms with Crippen molar-refractivity contribution in [3.63, 3.8) is 0 Å². The van der Waals surface area contributed by atoms with Gasteiger partial charge in [-0.1, -0.05) is 50.1 Å². The van der Waals surface area contributed by atoms with Gasteiger partial charge in [-0.05, 0) is 12.0 Å². The van der Waals surface area contributed by atoms with Crippen LogP contribution in [0, 0.1) is 5.92 Å². The predicted octanol–water partition coefficient (Wildman–Crippen LogP) is 3.24. The number of nitrogens with zero attached hydrogens (tertiary/aromatic N) is 1. The summed E-state index contributed by atoms with van der Waals surface area (Å²) in [7, 11) is 0. The Bertz CT molecular complexity index is 418. The lowest BCUT2D eigenvalue weighted by molar-refractivity contribution is -0.147. The fourth-order valence-electron chi connectivity index (χ4n) is 2.99. The smallest absolute Gasteiger partial charge is 0.302 e. The van der Waals surface area contributed by atoms with Gasteiger partial charge in [0.25, 0.3) is 0 Å². The van der Waals surface area contributed by atoms with E-state index in [1.165, 1.54) is 25.3 Å². The molecule has 110 valence electrons. The Hall–Kier alpha value is -1.35. The van der Waals surface area contributed by atoms with E-state index in [1.54, 1.807) is 0 Å². The minimum absolute atomic E-state index is 0.0720. The number of esters is 1. The zero-order valence-electron chi connectivity index (χ0n) is 12.5. The Morgan fingerprint density at radius 3 is 2.70 bits per heavy atom. The second kappa shape index (κ2) is 7.44. The van der Waals surface area contributed by atoms with Crippen LogP contribution in [-0.4, -0.2) is 30.1 Å². The van der Waals surface area contributed by atoms with Gasteiger partial charge in [-0.3, -0.25) is 9.69 Å². The standard InChI is InChI=1S/C17H25NO2/c1-3-4-10-16-12-18(13-17(16)20-14(2)19)11-15-8-6-5-7-9-15/h5-9,16-17H,3-4,10-13H2,1-2H3/t16-,17-/m1/s1. The van der Waals surface area contributed by atoms with E-state index in [-0.39, 0.29) is 12.1 Å². The van der Waals surface area contributed by atoms with Gasteiger partial charge < -0.3 is 4.74 Å². The van der Waals surface area contributed by atoms with Gasteiger partial charge in [-0.2, -0.15) is 0 Å². The number of carbonyl (C=O) groups is 1. The van der Waals surface area contributed by atoms with Crippen LogP contribution in [0.15, 0.2) is 30.3 Å². The Morgan fingerprint density at radius 1 is 1.30 bits per heavy atom. The van der Waals surface area contributed by atoms with Gasteiger partial charge in [0.1, 0.15) is 6.10 Å². The van der Waals surface area contributed by atoms with E-state index in [9.17, 15) is 4.79 Å². The molecule has 0 aromatic heterocycles. The molecule has 1 aliphatic heterocycles. The van der Waals surface area contributed by atoms with Crippen LogP contribution in [0.3, 0.4) is 0 Å². The molecule has 0 unspecified atom stereocenters. The van der Waals surface area contributed by atoms with Gasteiger partial charge >= 0.3 is 5.97 Å². The molecule has 3 heteroatoms. The fraction of sp³-hybridized carbons (Fsp3) is 0.588. The fourth-order valence-corrected chi connectivity index (χ4v) is 2.99. The lowest BCUT2D eigenvalue weighted by Gasteiger charge is -2.17. The van der Waals surface area contributed by atoms with Crippen LogP contribution in [0.1, 0.15) is 38.7 Å². The van der Waals surface area contributed by atoms with Gasteiger partial charge in [0, 0.05) is 32.5 Å². The van der Waals surface area contributed by atoms with Crippen molar-refractivity contribution < 1.29 is 9.53 Å². The van der Waals surface area contributed by atoms with Gasteiger partial charge in [-0.25, -0.2) is 0 Å². The molecule has 1 aromatic carbocycles. The van der Waals surface area contributed by atoms with Crippen molar-refractivity contribution in [1.82, 2.24) is 4.90 Å².